The van der Waals surface area contributed by atoms with E-state index in [1.54, 1.807) is 0 Å². The van der Waals surface area contributed by atoms with Gasteiger partial charge in [-0.15, -0.1) is 11.3 Å². The lowest BCUT2D eigenvalue weighted by Crippen LogP contribution is -2.53. The maximum Gasteiger partial charge on any atom is 0.264 e. The van der Waals surface area contributed by atoms with Crippen LogP contribution in [0, 0.1) is 0 Å². The minimum absolute atomic E-state index is 0.150. The number of hydrogen-bond donors (Lipinski definition) is 0. The summed E-state index contributed by atoms with van der Waals surface area (Å²) in [6, 6.07) is 12.4. The second kappa shape index (κ2) is 6.78. The van der Waals surface area contributed by atoms with Crippen LogP contribution in [0.4, 0.5) is 5.69 Å². The summed E-state index contributed by atoms with van der Waals surface area (Å²) in [5, 5.41) is 1.97. The van der Waals surface area contributed by atoms with Crippen LogP contribution >= 0.6 is 11.3 Å². The summed E-state index contributed by atoms with van der Waals surface area (Å²) in [5.74, 6) is 1.14. The molecule has 3 aromatic rings. The molecule has 0 N–H and O–H groups in total. The Balaban J connectivity index is 1.58. The quantitative estimate of drug-likeness (QED) is 0.665. The van der Waals surface area contributed by atoms with E-state index in [1.807, 2.05) is 34.7 Å². The van der Waals surface area contributed by atoms with Crippen molar-refractivity contribution in [1.29, 1.82) is 0 Å². The molecule has 5 heterocycles. The van der Waals surface area contributed by atoms with Crippen molar-refractivity contribution in [2.45, 2.75) is 31.7 Å². The van der Waals surface area contributed by atoms with Crippen molar-refractivity contribution >= 4 is 22.9 Å². The molecule has 0 unspecified atom stereocenters. The lowest BCUT2D eigenvalue weighted by atomic mass is 9.88. The molecule has 0 bridgehead atoms. The molecule has 1 saturated heterocycles. The third-order valence-corrected chi connectivity index (χ3v) is 6.89. The van der Waals surface area contributed by atoms with Gasteiger partial charge in [-0.2, -0.15) is 0 Å². The van der Waals surface area contributed by atoms with E-state index in [0.717, 1.165) is 43.0 Å². The highest BCUT2D eigenvalue weighted by atomic mass is 32.1. The Bertz CT molecular complexity index is 996. The number of unbranched alkanes of at least 4 members (excludes halogenated alkanes) is 1. The van der Waals surface area contributed by atoms with Crippen molar-refractivity contribution < 1.29 is 4.79 Å². The topological polar surface area (TPSA) is 41.4 Å². The average Bonchev–Trinajstić information content (AvgIpc) is 3.48. The van der Waals surface area contributed by atoms with Crippen molar-refractivity contribution in [1.82, 2.24) is 14.5 Å². The molecule has 144 valence electrons. The van der Waals surface area contributed by atoms with Gasteiger partial charge in [0, 0.05) is 32.0 Å². The van der Waals surface area contributed by atoms with Crippen LogP contribution in [0.15, 0.2) is 54.2 Å². The second-order valence-corrected chi connectivity index (χ2v) is 8.55. The Morgan fingerprint density at radius 1 is 1.25 bits per heavy atom. The molecule has 0 radical (unpaired) electrons. The first-order valence-corrected chi connectivity index (χ1v) is 10.9. The minimum atomic E-state index is -0.193. The zero-order chi connectivity index (χ0) is 19.1. The monoisotopic (exact) mass is 392 g/mol. The number of carbonyl (C=O) groups is 1. The summed E-state index contributed by atoms with van der Waals surface area (Å²) in [4.78, 5) is 23.1. The molecule has 1 amide bonds. The summed E-state index contributed by atoms with van der Waals surface area (Å²) in [7, 11) is 0. The zero-order valence-corrected chi connectivity index (χ0v) is 16.9. The molecule has 3 aromatic heterocycles. The molecule has 0 aromatic carbocycles. The molecule has 2 aliphatic rings. The van der Waals surface area contributed by atoms with Crippen molar-refractivity contribution in [3.63, 3.8) is 0 Å². The van der Waals surface area contributed by atoms with Crippen molar-refractivity contribution in [2.75, 3.05) is 24.5 Å². The fourth-order valence-electron chi connectivity index (χ4n) is 4.70. The first kappa shape index (κ1) is 17.5. The van der Waals surface area contributed by atoms with Crippen molar-refractivity contribution in [3.8, 4) is 5.82 Å². The highest BCUT2D eigenvalue weighted by molar-refractivity contribution is 7.12. The molecular weight excluding hydrogens is 368 g/mol. The van der Waals surface area contributed by atoms with E-state index in [4.69, 9.17) is 0 Å². The van der Waals surface area contributed by atoms with Crippen LogP contribution < -0.4 is 4.90 Å². The van der Waals surface area contributed by atoms with Gasteiger partial charge < -0.3 is 14.4 Å². The van der Waals surface area contributed by atoms with E-state index in [9.17, 15) is 4.79 Å². The molecular formula is C22H24N4OS. The third-order valence-electron chi connectivity index (χ3n) is 6.03. The number of anilines is 1. The lowest BCUT2D eigenvalue weighted by Gasteiger charge is -2.47. The molecule has 0 aliphatic carbocycles. The average molecular weight is 393 g/mol. The van der Waals surface area contributed by atoms with Gasteiger partial charge in [0.15, 0.2) is 5.82 Å². The predicted octanol–water partition coefficient (Wildman–Crippen LogP) is 4.30. The number of fused-ring (bicyclic) bond motifs is 4. The Hall–Kier alpha value is -2.60. The zero-order valence-electron chi connectivity index (χ0n) is 16.0. The van der Waals surface area contributed by atoms with Gasteiger partial charge in [0.25, 0.3) is 5.91 Å². The number of rotatable bonds is 4. The van der Waals surface area contributed by atoms with Crippen LogP contribution in [0.5, 0.6) is 0 Å². The van der Waals surface area contributed by atoms with Crippen LogP contribution in [-0.4, -0.2) is 40.0 Å². The maximum atomic E-state index is 13.0. The van der Waals surface area contributed by atoms with Crippen molar-refractivity contribution in [3.05, 3.63) is 64.7 Å². The van der Waals surface area contributed by atoms with Gasteiger partial charge in [-0.05, 0) is 48.6 Å². The van der Waals surface area contributed by atoms with E-state index in [1.165, 1.54) is 22.7 Å². The molecule has 1 fully saturated rings. The first-order valence-electron chi connectivity index (χ1n) is 9.98. The molecule has 28 heavy (non-hydrogen) atoms. The summed E-state index contributed by atoms with van der Waals surface area (Å²) in [5.41, 5.74) is 2.23. The first-order chi connectivity index (χ1) is 13.7. The SMILES string of the molecule is CCCCN1c2cccnc2-n2cccc2[C@@]12CCN(C(=O)c1cccs1)C2. The van der Waals surface area contributed by atoms with Gasteiger partial charge in [0.1, 0.15) is 5.54 Å². The smallest absolute Gasteiger partial charge is 0.264 e. The third kappa shape index (κ3) is 2.51. The highest BCUT2D eigenvalue weighted by Crippen LogP contribution is 2.47. The highest BCUT2D eigenvalue weighted by Gasteiger charge is 2.50. The van der Waals surface area contributed by atoms with Crippen LogP contribution in [0.3, 0.4) is 0 Å². The van der Waals surface area contributed by atoms with Gasteiger partial charge in [0.2, 0.25) is 0 Å². The van der Waals surface area contributed by atoms with Gasteiger partial charge in [-0.25, -0.2) is 4.98 Å². The Kier molecular flexibility index (Phi) is 4.23. The van der Waals surface area contributed by atoms with Crippen LogP contribution in [0.2, 0.25) is 0 Å². The van der Waals surface area contributed by atoms with Gasteiger partial charge >= 0.3 is 0 Å². The molecule has 5 nitrogen and oxygen atoms in total. The van der Waals surface area contributed by atoms with Crippen LogP contribution in [0.25, 0.3) is 5.82 Å². The molecule has 1 spiro atoms. The number of likely N-dealkylation sites (tertiary alicyclic amines) is 1. The predicted molar refractivity (Wildman–Crippen MR) is 112 cm³/mol. The van der Waals surface area contributed by atoms with Crippen LogP contribution in [-0.2, 0) is 5.54 Å². The van der Waals surface area contributed by atoms with Gasteiger partial charge in [-0.1, -0.05) is 19.4 Å². The number of nitrogens with zero attached hydrogens (tertiary/aromatic N) is 4. The normalized spacial score (nSPS) is 20.5. The second-order valence-electron chi connectivity index (χ2n) is 7.60. The standard InChI is InChI=1S/C22H24N4OS/c1-2-3-13-26-17-7-4-11-23-20(17)25-12-5-9-19(25)22(26)10-14-24(16-22)21(27)18-8-6-15-28-18/h4-9,11-12,15H,2-3,10,13-14,16H2,1H3/t22-/m0/s1. The van der Waals surface area contributed by atoms with Gasteiger partial charge in [-0.3, -0.25) is 4.79 Å². The number of pyridine rings is 1. The Morgan fingerprint density at radius 2 is 2.18 bits per heavy atom. The van der Waals surface area contributed by atoms with Crippen LogP contribution in [0.1, 0.15) is 41.6 Å². The number of hydrogen-bond acceptors (Lipinski definition) is 4. The van der Waals surface area contributed by atoms with Crippen molar-refractivity contribution in [2.24, 2.45) is 0 Å². The summed E-state index contributed by atoms with van der Waals surface area (Å²) < 4.78 is 2.22. The van der Waals surface area contributed by atoms with E-state index in [2.05, 4.69) is 45.8 Å². The fraction of sp³-hybridized carbons (Fsp3) is 0.364. The molecule has 6 heteroatoms. The number of thiophene rings is 1. The summed E-state index contributed by atoms with van der Waals surface area (Å²) in [6.45, 7) is 4.69. The van der Waals surface area contributed by atoms with Gasteiger partial charge in [0.05, 0.1) is 16.3 Å². The lowest BCUT2D eigenvalue weighted by molar-refractivity contribution is 0.0786. The molecule has 1 atom stereocenters. The minimum Gasteiger partial charge on any atom is -0.355 e. The summed E-state index contributed by atoms with van der Waals surface area (Å²) in [6.07, 6.45) is 7.16. The fourth-order valence-corrected chi connectivity index (χ4v) is 5.39. The molecule has 5 rings (SSSR count). The number of aromatic nitrogens is 2. The number of amides is 1. The largest absolute Gasteiger partial charge is 0.355 e. The maximum absolute atomic E-state index is 13.0. The number of carbonyl (C=O) groups excluding carboxylic acids is 1. The molecule has 0 saturated carbocycles. The summed E-state index contributed by atoms with van der Waals surface area (Å²) >= 11 is 1.52. The van der Waals surface area contributed by atoms with E-state index in [0.29, 0.717) is 6.54 Å². The molecule has 2 aliphatic heterocycles. The van der Waals surface area contributed by atoms with E-state index < -0.39 is 0 Å². The van der Waals surface area contributed by atoms with E-state index >= 15 is 0 Å². The Morgan fingerprint density at radius 3 is 3.00 bits per heavy atom. The van der Waals surface area contributed by atoms with E-state index in [-0.39, 0.29) is 11.4 Å². The Labute approximate surface area is 169 Å².